The molecule has 0 spiro atoms. The Morgan fingerprint density at radius 1 is 1.08 bits per heavy atom. The van der Waals surface area contributed by atoms with Crippen LogP contribution in [-0.4, -0.2) is 26.3 Å². The van der Waals surface area contributed by atoms with Gasteiger partial charge in [0.1, 0.15) is 6.10 Å². The minimum Gasteiger partial charge on any atom is -0.476 e. The van der Waals surface area contributed by atoms with Crippen molar-refractivity contribution in [3.8, 4) is 0 Å². The third-order valence-corrected chi connectivity index (χ3v) is 6.78. The average Bonchev–Trinajstić information content (AvgIpc) is 3.08. The molecule has 4 nitrogen and oxygen atoms in total. The molecule has 0 saturated heterocycles. The van der Waals surface area contributed by atoms with E-state index in [1.54, 1.807) is 0 Å². The second-order valence-electron chi connectivity index (χ2n) is 6.62. The molecular formula is C20H23NO3S. The Labute approximate surface area is 149 Å². The summed E-state index contributed by atoms with van der Waals surface area (Å²) in [4.78, 5) is 4.15. The number of benzene rings is 2. The van der Waals surface area contributed by atoms with Crippen molar-refractivity contribution in [2.75, 3.05) is 0 Å². The maximum atomic E-state index is 12.9. The van der Waals surface area contributed by atoms with Crippen LogP contribution >= 0.6 is 0 Å². The molecule has 0 radical (unpaired) electrons. The first-order chi connectivity index (χ1) is 11.9. The van der Waals surface area contributed by atoms with Gasteiger partial charge in [-0.3, -0.25) is 0 Å². The standard InChI is InChI=1S/C20H23NO3S/c1-14-8-7-11-18(15(14)2)16(3)19-20(21-13-24-19)25(22,23)12-17-9-5-4-6-10-17/h4-11,13,16,19-20H,12H2,1-3H3. The molecule has 0 N–H and O–H groups in total. The van der Waals surface area contributed by atoms with Crippen LogP contribution in [0.15, 0.2) is 53.5 Å². The Balaban J connectivity index is 1.86. The fourth-order valence-electron chi connectivity index (χ4n) is 3.32. The quantitative estimate of drug-likeness (QED) is 0.818. The summed E-state index contributed by atoms with van der Waals surface area (Å²) in [5.74, 6) is -0.104. The summed E-state index contributed by atoms with van der Waals surface area (Å²) < 4.78 is 31.4. The van der Waals surface area contributed by atoms with Gasteiger partial charge in [0.25, 0.3) is 0 Å². The molecule has 3 unspecified atom stereocenters. The molecule has 0 saturated carbocycles. The molecule has 3 atom stereocenters. The maximum absolute atomic E-state index is 12.9. The van der Waals surface area contributed by atoms with Gasteiger partial charge < -0.3 is 4.74 Å². The molecule has 0 aliphatic carbocycles. The van der Waals surface area contributed by atoms with Crippen LogP contribution < -0.4 is 0 Å². The fraction of sp³-hybridized carbons (Fsp3) is 0.350. The number of hydrogen-bond donors (Lipinski definition) is 0. The summed E-state index contributed by atoms with van der Waals surface area (Å²) in [6.07, 6.45) is 0.786. The highest BCUT2D eigenvalue weighted by molar-refractivity contribution is 7.91. The third-order valence-electron chi connectivity index (χ3n) is 4.92. The number of aliphatic imine (C=N–C) groups is 1. The molecule has 2 aromatic carbocycles. The van der Waals surface area contributed by atoms with E-state index in [0.29, 0.717) is 0 Å². The van der Waals surface area contributed by atoms with E-state index in [1.165, 1.54) is 17.5 Å². The molecule has 0 aromatic heterocycles. The van der Waals surface area contributed by atoms with E-state index in [2.05, 4.69) is 24.9 Å². The van der Waals surface area contributed by atoms with Gasteiger partial charge >= 0.3 is 0 Å². The summed E-state index contributed by atoms with van der Waals surface area (Å²) >= 11 is 0. The summed E-state index contributed by atoms with van der Waals surface area (Å²) in [6.45, 7) is 6.12. The van der Waals surface area contributed by atoms with Crippen molar-refractivity contribution in [3.05, 3.63) is 70.8 Å². The van der Waals surface area contributed by atoms with Gasteiger partial charge in [0.2, 0.25) is 0 Å². The monoisotopic (exact) mass is 357 g/mol. The maximum Gasteiger partial charge on any atom is 0.192 e. The SMILES string of the molecule is Cc1cccc(C(C)C2OC=NC2S(=O)(=O)Cc2ccccc2)c1C. The fourth-order valence-corrected chi connectivity index (χ4v) is 5.09. The van der Waals surface area contributed by atoms with Crippen molar-refractivity contribution in [1.29, 1.82) is 0 Å². The van der Waals surface area contributed by atoms with Gasteiger partial charge in [0, 0.05) is 5.92 Å². The van der Waals surface area contributed by atoms with E-state index in [0.717, 1.165) is 11.1 Å². The predicted molar refractivity (Wildman–Crippen MR) is 101 cm³/mol. The Bertz CT molecular complexity index is 875. The van der Waals surface area contributed by atoms with E-state index in [-0.39, 0.29) is 11.7 Å². The molecule has 2 aromatic rings. The van der Waals surface area contributed by atoms with Crippen molar-refractivity contribution in [2.45, 2.75) is 43.9 Å². The van der Waals surface area contributed by atoms with Crippen LogP contribution in [-0.2, 0) is 20.3 Å². The normalized spacial score (nSPS) is 21.1. The molecule has 0 fully saturated rings. The average molecular weight is 357 g/mol. The Morgan fingerprint density at radius 3 is 2.52 bits per heavy atom. The molecule has 25 heavy (non-hydrogen) atoms. The first-order valence-electron chi connectivity index (χ1n) is 8.39. The number of hydrogen-bond acceptors (Lipinski definition) is 4. The van der Waals surface area contributed by atoms with Crippen LogP contribution in [0.3, 0.4) is 0 Å². The van der Waals surface area contributed by atoms with Gasteiger partial charge in [-0.1, -0.05) is 55.5 Å². The predicted octanol–water partition coefficient (Wildman–Crippen LogP) is 3.78. The molecule has 132 valence electrons. The zero-order chi connectivity index (χ0) is 18.0. The first kappa shape index (κ1) is 17.7. The lowest BCUT2D eigenvalue weighted by molar-refractivity contribution is 0.193. The third kappa shape index (κ3) is 3.61. The molecule has 0 amide bonds. The van der Waals surface area contributed by atoms with Crippen molar-refractivity contribution >= 4 is 16.2 Å². The topological polar surface area (TPSA) is 55.7 Å². The minimum absolute atomic E-state index is 0.0325. The van der Waals surface area contributed by atoms with Gasteiger partial charge in [-0.15, -0.1) is 0 Å². The van der Waals surface area contributed by atoms with Gasteiger partial charge in [0.15, 0.2) is 21.6 Å². The van der Waals surface area contributed by atoms with Gasteiger partial charge in [-0.05, 0) is 36.1 Å². The molecule has 1 aliphatic heterocycles. The van der Waals surface area contributed by atoms with Gasteiger partial charge in [-0.25, -0.2) is 13.4 Å². The molecule has 5 heteroatoms. The molecule has 3 rings (SSSR count). The summed E-state index contributed by atoms with van der Waals surface area (Å²) in [7, 11) is -3.46. The highest BCUT2D eigenvalue weighted by Gasteiger charge is 2.41. The number of nitrogens with zero attached hydrogens (tertiary/aromatic N) is 1. The van der Waals surface area contributed by atoms with Gasteiger partial charge in [0.05, 0.1) is 5.75 Å². The lowest BCUT2D eigenvalue weighted by atomic mass is 9.89. The summed E-state index contributed by atoms with van der Waals surface area (Å²) in [6, 6.07) is 15.3. The number of sulfone groups is 1. The Morgan fingerprint density at radius 2 is 1.80 bits per heavy atom. The van der Waals surface area contributed by atoms with E-state index in [4.69, 9.17) is 4.74 Å². The van der Waals surface area contributed by atoms with E-state index in [1.807, 2.05) is 49.4 Å². The summed E-state index contributed by atoms with van der Waals surface area (Å²) in [5.41, 5.74) is 4.23. The van der Waals surface area contributed by atoms with Crippen LogP contribution in [0.2, 0.25) is 0 Å². The second-order valence-corrected chi connectivity index (χ2v) is 8.71. The zero-order valence-corrected chi connectivity index (χ0v) is 15.5. The smallest absolute Gasteiger partial charge is 0.192 e. The van der Waals surface area contributed by atoms with E-state index >= 15 is 0 Å². The molecule has 1 heterocycles. The van der Waals surface area contributed by atoms with Crippen LogP contribution in [0.4, 0.5) is 0 Å². The van der Waals surface area contributed by atoms with Gasteiger partial charge in [-0.2, -0.15) is 0 Å². The van der Waals surface area contributed by atoms with E-state index in [9.17, 15) is 8.42 Å². The van der Waals surface area contributed by atoms with Crippen molar-refractivity contribution < 1.29 is 13.2 Å². The summed E-state index contributed by atoms with van der Waals surface area (Å²) in [5, 5.41) is -0.873. The Kier molecular flexibility index (Phi) is 4.95. The van der Waals surface area contributed by atoms with Crippen molar-refractivity contribution in [3.63, 3.8) is 0 Å². The highest BCUT2D eigenvalue weighted by Crippen LogP contribution is 2.33. The molecule has 1 aliphatic rings. The van der Waals surface area contributed by atoms with Crippen LogP contribution in [0.5, 0.6) is 0 Å². The zero-order valence-electron chi connectivity index (χ0n) is 14.7. The number of aryl methyl sites for hydroxylation is 1. The Hall–Kier alpha value is -2.14. The minimum atomic E-state index is -3.46. The van der Waals surface area contributed by atoms with Crippen LogP contribution in [0, 0.1) is 13.8 Å². The van der Waals surface area contributed by atoms with Crippen molar-refractivity contribution in [1.82, 2.24) is 0 Å². The first-order valence-corrected chi connectivity index (χ1v) is 10.1. The second kappa shape index (κ2) is 7.00. The largest absolute Gasteiger partial charge is 0.476 e. The highest BCUT2D eigenvalue weighted by atomic mass is 32.2. The lowest BCUT2D eigenvalue weighted by Crippen LogP contribution is -2.35. The van der Waals surface area contributed by atoms with E-state index < -0.39 is 21.3 Å². The van der Waals surface area contributed by atoms with Crippen LogP contribution in [0.25, 0.3) is 0 Å². The van der Waals surface area contributed by atoms with Crippen LogP contribution in [0.1, 0.15) is 35.1 Å². The molecule has 0 bridgehead atoms. The molecular weight excluding hydrogens is 334 g/mol. The number of rotatable bonds is 5. The van der Waals surface area contributed by atoms with Crippen molar-refractivity contribution in [2.24, 2.45) is 4.99 Å². The number of ether oxygens (including phenoxy) is 1. The lowest BCUT2D eigenvalue weighted by Gasteiger charge is -2.25.